The van der Waals surface area contributed by atoms with Gasteiger partial charge in [-0.1, -0.05) is 18.2 Å². The van der Waals surface area contributed by atoms with Crippen LogP contribution in [-0.2, 0) is 12.8 Å². The number of carbonyl (C=O) groups is 2. The van der Waals surface area contributed by atoms with Gasteiger partial charge in [0.05, 0.1) is 6.54 Å². The minimum absolute atomic E-state index is 0.167. The van der Waals surface area contributed by atoms with E-state index in [0.717, 1.165) is 24.9 Å². The van der Waals surface area contributed by atoms with Crippen LogP contribution in [0, 0.1) is 0 Å². The summed E-state index contributed by atoms with van der Waals surface area (Å²) in [5, 5.41) is 2.81. The van der Waals surface area contributed by atoms with E-state index in [9.17, 15) is 9.59 Å². The molecule has 0 atom stereocenters. The number of hydrogen-bond acceptors (Lipinski definition) is 3. The normalized spacial score (nSPS) is 12.5. The van der Waals surface area contributed by atoms with Gasteiger partial charge in [0.15, 0.2) is 0 Å². The van der Waals surface area contributed by atoms with Crippen molar-refractivity contribution < 1.29 is 14.3 Å². The van der Waals surface area contributed by atoms with Crippen molar-refractivity contribution in [1.29, 1.82) is 0 Å². The monoisotopic (exact) mass is 309 g/mol. The van der Waals surface area contributed by atoms with Gasteiger partial charge in [-0.3, -0.25) is 9.59 Å². The molecule has 2 aromatic carbocycles. The third kappa shape index (κ3) is 3.77. The molecule has 0 fully saturated rings. The number of amides is 1. The Hall–Kier alpha value is -2.62. The smallest absolute Gasteiger partial charge is 0.251 e. The standard InChI is InChI=1S/C19H19NO3/c21-13-14-4-6-16(7-5-14)19(22)20-10-11-23-18-9-8-15-2-1-3-17(15)12-18/h4-9,12-13H,1-3,10-11H2,(H,20,22). The van der Waals surface area contributed by atoms with Crippen LogP contribution in [0.15, 0.2) is 42.5 Å². The minimum atomic E-state index is -0.167. The molecule has 4 nitrogen and oxygen atoms in total. The van der Waals surface area contributed by atoms with Crippen LogP contribution >= 0.6 is 0 Å². The molecule has 0 spiro atoms. The van der Waals surface area contributed by atoms with E-state index >= 15 is 0 Å². The minimum Gasteiger partial charge on any atom is -0.492 e. The number of ether oxygens (including phenoxy) is 1. The number of aryl methyl sites for hydroxylation is 2. The van der Waals surface area contributed by atoms with E-state index in [1.54, 1.807) is 24.3 Å². The summed E-state index contributed by atoms with van der Waals surface area (Å²) in [5.74, 6) is 0.690. The molecule has 0 unspecified atom stereocenters. The maximum atomic E-state index is 12.0. The quantitative estimate of drug-likeness (QED) is 0.659. The molecule has 1 N–H and O–H groups in total. The first-order valence-corrected chi connectivity index (χ1v) is 7.84. The van der Waals surface area contributed by atoms with Gasteiger partial charge in [0.2, 0.25) is 0 Å². The molecular formula is C19H19NO3. The average molecular weight is 309 g/mol. The number of nitrogens with one attached hydrogen (secondary N) is 1. The number of carbonyl (C=O) groups excluding carboxylic acids is 2. The topological polar surface area (TPSA) is 55.4 Å². The Balaban J connectivity index is 1.45. The van der Waals surface area contributed by atoms with Gasteiger partial charge in [0.1, 0.15) is 18.6 Å². The van der Waals surface area contributed by atoms with Crippen LogP contribution in [0.3, 0.4) is 0 Å². The first-order chi connectivity index (χ1) is 11.3. The van der Waals surface area contributed by atoms with E-state index in [-0.39, 0.29) is 5.91 Å². The molecule has 0 bridgehead atoms. The molecule has 0 saturated carbocycles. The second-order valence-electron chi connectivity index (χ2n) is 5.63. The molecular weight excluding hydrogens is 290 g/mol. The van der Waals surface area contributed by atoms with E-state index in [1.165, 1.54) is 17.5 Å². The fraction of sp³-hybridized carbons (Fsp3) is 0.263. The number of rotatable bonds is 6. The highest BCUT2D eigenvalue weighted by Gasteiger charge is 2.11. The lowest BCUT2D eigenvalue weighted by atomic mass is 10.1. The largest absolute Gasteiger partial charge is 0.492 e. The van der Waals surface area contributed by atoms with E-state index < -0.39 is 0 Å². The van der Waals surface area contributed by atoms with Crippen LogP contribution in [0.4, 0.5) is 0 Å². The zero-order chi connectivity index (χ0) is 16.1. The van der Waals surface area contributed by atoms with Crippen molar-refractivity contribution in [2.75, 3.05) is 13.2 Å². The van der Waals surface area contributed by atoms with Crippen molar-refractivity contribution >= 4 is 12.2 Å². The van der Waals surface area contributed by atoms with Gasteiger partial charge in [0, 0.05) is 11.1 Å². The summed E-state index contributed by atoms with van der Waals surface area (Å²) in [5.41, 5.74) is 3.89. The SMILES string of the molecule is O=Cc1ccc(C(=O)NCCOc2ccc3c(c2)CCC3)cc1. The third-order valence-corrected chi connectivity index (χ3v) is 4.04. The first kappa shape index (κ1) is 15.3. The Morgan fingerprint density at radius 2 is 1.87 bits per heavy atom. The maximum Gasteiger partial charge on any atom is 0.251 e. The van der Waals surface area contributed by atoms with Crippen molar-refractivity contribution in [3.63, 3.8) is 0 Å². The van der Waals surface area contributed by atoms with Crippen LogP contribution in [0.25, 0.3) is 0 Å². The van der Waals surface area contributed by atoms with Gasteiger partial charge in [-0.25, -0.2) is 0 Å². The van der Waals surface area contributed by atoms with E-state index in [2.05, 4.69) is 17.4 Å². The molecule has 1 amide bonds. The molecule has 118 valence electrons. The van der Waals surface area contributed by atoms with Gasteiger partial charge >= 0.3 is 0 Å². The molecule has 1 aliphatic rings. The predicted molar refractivity (Wildman–Crippen MR) is 88.1 cm³/mol. The summed E-state index contributed by atoms with van der Waals surface area (Å²) in [6.45, 7) is 0.863. The highest BCUT2D eigenvalue weighted by Crippen LogP contribution is 2.25. The van der Waals surface area contributed by atoms with Gasteiger partial charge in [-0.15, -0.1) is 0 Å². The molecule has 0 heterocycles. The molecule has 2 aromatic rings. The van der Waals surface area contributed by atoms with Gasteiger partial charge < -0.3 is 10.1 Å². The van der Waals surface area contributed by atoms with Crippen molar-refractivity contribution in [2.24, 2.45) is 0 Å². The first-order valence-electron chi connectivity index (χ1n) is 7.84. The number of fused-ring (bicyclic) bond motifs is 1. The predicted octanol–water partition coefficient (Wildman–Crippen LogP) is 2.80. The molecule has 4 heteroatoms. The van der Waals surface area contributed by atoms with Crippen molar-refractivity contribution in [3.05, 3.63) is 64.7 Å². The van der Waals surface area contributed by atoms with Crippen LogP contribution < -0.4 is 10.1 Å². The lowest BCUT2D eigenvalue weighted by Crippen LogP contribution is -2.28. The highest BCUT2D eigenvalue weighted by atomic mass is 16.5. The van der Waals surface area contributed by atoms with Gasteiger partial charge in [0.25, 0.3) is 5.91 Å². The zero-order valence-electron chi connectivity index (χ0n) is 12.9. The third-order valence-electron chi connectivity index (χ3n) is 4.04. The number of aldehydes is 1. The van der Waals surface area contributed by atoms with Crippen LogP contribution in [0.2, 0.25) is 0 Å². The van der Waals surface area contributed by atoms with Crippen molar-refractivity contribution in [3.8, 4) is 5.75 Å². The molecule has 0 aromatic heterocycles. The van der Waals surface area contributed by atoms with Crippen molar-refractivity contribution in [1.82, 2.24) is 5.32 Å². The Bertz CT molecular complexity index is 707. The molecule has 3 rings (SSSR count). The summed E-state index contributed by atoms with van der Waals surface area (Å²) in [6.07, 6.45) is 4.26. The van der Waals surface area contributed by atoms with Crippen LogP contribution in [0.1, 0.15) is 38.3 Å². The highest BCUT2D eigenvalue weighted by molar-refractivity contribution is 5.94. The second kappa shape index (κ2) is 7.09. The van der Waals surface area contributed by atoms with E-state index in [4.69, 9.17) is 4.74 Å². The van der Waals surface area contributed by atoms with Crippen LogP contribution in [0.5, 0.6) is 5.75 Å². The Labute approximate surface area is 135 Å². The molecule has 0 aliphatic heterocycles. The zero-order valence-corrected chi connectivity index (χ0v) is 12.9. The summed E-state index contributed by atoms with van der Waals surface area (Å²) in [7, 11) is 0. The van der Waals surface area contributed by atoms with E-state index in [1.807, 2.05) is 6.07 Å². The fourth-order valence-corrected chi connectivity index (χ4v) is 2.79. The van der Waals surface area contributed by atoms with E-state index in [0.29, 0.717) is 24.3 Å². The number of benzene rings is 2. The summed E-state index contributed by atoms with van der Waals surface area (Å²) in [6, 6.07) is 12.8. The lowest BCUT2D eigenvalue weighted by molar-refractivity contribution is 0.0946. The summed E-state index contributed by atoms with van der Waals surface area (Å²) >= 11 is 0. The molecule has 1 aliphatic carbocycles. The van der Waals surface area contributed by atoms with Gasteiger partial charge in [-0.2, -0.15) is 0 Å². The Kier molecular flexibility index (Phi) is 4.71. The fourth-order valence-electron chi connectivity index (χ4n) is 2.79. The lowest BCUT2D eigenvalue weighted by Gasteiger charge is -2.09. The summed E-state index contributed by atoms with van der Waals surface area (Å²) in [4.78, 5) is 22.5. The maximum absolute atomic E-state index is 12.0. The number of hydrogen-bond donors (Lipinski definition) is 1. The Morgan fingerprint density at radius 1 is 1.09 bits per heavy atom. The van der Waals surface area contributed by atoms with Crippen LogP contribution in [-0.4, -0.2) is 25.3 Å². The molecule has 0 saturated heterocycles. The average Bonchev–Trinajstić information content (AvgIpc) is 3.06. The molecule has 23 heavy (non-hydrogen) atoms. The molecule has 0 radical (unpaired) electrons. The van der Waals surface area contributed by atoms with Gasteiger partial charge in [-0.05, 0) is 54.7 Å². The van der Waals surface area contributed by atoms with Crippen molar-refractivity contribution in [2.45, 2.75) is 19.3 Å². The summed E-state index contributed by atoms with van der Waals surface area (Å²) < 4.78 is 5.69. The second-order valence-corrected chi connectivity index (χ2v) is 5.63. The Morgan fingerprint density at radius 3 is 2.65 bits per heavy atom.